The topological polar surface area (TPSA) is 142 Å². The lowest BCUT2D eigenvalue weighted by molar-refractivity contribution is 0.0690. The first kappa shape index (κ1) is 24.2. The predicted octanol–water partition coefficient (Wildman–Crippen LogP) is 3.17. The van der Waals surface area contributed by atoms with E-state index in [2.05, 4.69) is 22.2 Å². The third kappa shape index (κ3) is 6.10. The molecule has 0 fully saturated rings. The maximum absolute atomic E-state index is 10.9. The van der Waals surface area contributed by atoms with Gasteiger partial charge in [-0.2, -0.15) is 5.10 Å². The summed E-state index contributed by atoms with van der Waals surface area (Å²) in [5, 5.41) is 13.1. The van der Waals surface area contributed by atoms with Crippen molar-refractivity contribution in [3.05, 3.63) is 100 Å². The minimum atomic E-state index is -1.01. The third-order valence-corrected chi connectivity index (χ3v) is 5.44. The number of primary amides is 1. The van der Waals surface area contributed by atoms with Gasteiger partial charge in [-0.25, -0.2) is 9.78 Å². The normalized spacial score (nSPS) is 10.4. The summed E-state index contributed by atoms with van der Waals surface area (Å²) in [6, 6.07) is 11.5. The summed E-state index contributed by atoms with van der Waals surface area (Å²) in [5.41, 5.74) is 17.3. The van der Waals surface area contributed by atoms with Crippen LogP contribution in [0.3, 0.4) is 0 Å². The number of nitrogens with two attached hydrogens (primary N) is 2. The van der Waals surface area contributed by atoms with Crippen molar-refractivity contribution < 1.29 is 14.7 Å². The largest absolute Gasteiger partial charge is 0.476 e. The molecule has 0 atom stereocenters. The monoisotopic (exact) mass is 460 g/mol. The van der Waals surface area contributed by atoms with E-state index in [1.54, 1.807) is 16.7 Å². The van der Waals surface area contributed by atoms with Gasteiger partial charge >= 0.3 is 5.97 Å². The number of amides is 1. The SMILES string of the molecule is Cc1c(N)ccc(C(N)=O)c1C.Cc1cnn(Cc2ccc(Cn3cnc(C(=O)O)c3)cc2)c1. The molecule has 0 spiro atoms. The van der Waals surface area contributed by atoms with Gasteiger partial charge in [0.2, 0.25) is 5.91 Å². The molecule has 2 heterocycles. The van der Waals surface area contributed by atoms with E-state index in [1.807, 2.05) is 50.0 Å². The van der Waals surface area contributed by atoms with Crippen LogP contribution in [0.1, 0.15) is 48.7 Å². The number of nitrogen functional groups attached to an aromatic ring is 1. The molecule has 2 aromatic heterocycles. The van der Waals surface area contributed by atoms with E-state index in [9.17, 15) is 9.59 Å². The summed E-state index contributed by atoms with van der Waals surface area (Å²) in [6.07, 6.45) is 6.91. The number of rotatable bonds is 6. The van der Waals surface area contributed by atoms with Crippen LogP contribution in [0.5, 0.6) is 0 Å². The Hall–Kier alpha value is -4.40. The van der Waals surface area contributed by atoms with Crippen molar-refractivity contribution in [1.82, 2.24) is 19.3 Å². The Bertz CT molecular complexity index is 1300. The summed E-state index contributed by atoms with van der Waals surface area (Å²) in [6.45, 7) is 7.07. The van der Waals surface area contributed by atoms with E-state index in [-0.39, 0.29) is 5.69 Å². The number of carbonyl (C=O) groups is 2. The van der Waals surface area contributed by atoms with Crippen LogP contribution >= 0.6 is 0 Å². The number of anilines is 1. The van der Waals surface area contributed by atoms with E-state index >= 15 is 0 Å². The highest BCUT2D eigenvalue weighted by molar-refractivity contribution is 5.95. The summed E-state index contributed by atoms with van der Waals surface area (Å²) in [5.74, 6) is -1.42. The first-order chi connectivity index (χ1) is 16.1. The van der Waals surface area contributed by atoms with Gasteiger partial charge in [0.25, 0.3) is 0 Å². The molecular weight excluding hydrogens is 432 g/mol. The smallest absolute Gasteiger partial charge is 0.356 e. The fraction of sp³-hybridized carbons (Fsp3) is 0.200. The van der Waals surface area contributed by atoms with Crippen LogP contribution in [0.4, 0.5) is 5.69 Å². The molecule has 0 aliphatic carbocycles. The molecule has 9 heteroatoms. The number of hydrogen-bond acceptors (Lipinski definition) is 5. The van der Waals surface area contributed by atoms with Crippen molar-refractivity contribution in [1.29, 1.82) is 0 Å². The van der Waals surface area contributed by atoms with Gasteiger partial charge in [0.1, 0.15) is 0 Å². The second-order valence-corrected chi connectivity index (χ2v) is 8.08. The van der Waals surface area contributed by atoms with E-state index < -0.39 is 11.9 Å². The number of carboxylic acids is 1. The van der Waals surface area contributed by atoms with Crippen LogP contribution in [-0.4, -0.2) is 36.3 Å². The first-order valence-corrected chi connectivity index (χ1v) is 10.6. The highest BCUT2D eigenvalue weighted by atomic mass is 16.4. The van der Waals surface area contributed by atoms with Gasteiger partial charge < -0.3 is 21.1 Å². The molecule has 0 aliphatic heterocycles. The highest BCUT2D eigenvalue weighted by Crippen LogP contribution is 2.18. The lowest BCUT2D eigenvalue weighted by Crippen LogP contribution is -2.13. The van der Waals surface area contributed by atoms with Crippen molar-refractivity contribution in [2.24, 2.45) is 5.73 Å². The van der Waals surface area contributed by atoms with Gasteiger partial charge in [0.15, 0.2) is 5.69 Å². The van der Waals surface area contributed by atoms with Crippen molar-refractivity contribution in [2.75, 3.05) is 5.73 Å². The zero-order valence-electron chi connectivity index (χ0n) is 19.4. The zero-order chi connectivity index (χ0) is 24.8. The van der Waals surface area contributed by atoms with Crippen molar-refractivity contribution >= 4 is 17.6 Å². The molecule has 4 aromatic rings. The summed E-state index contributed by atoms with van der Waals surface area (Å²) >= 11 is 0. The van der Waals surface area contributed by atoms with E-state index in [1.165, 1.54) is 18.1 Å². The van der Waals surface area contributed by atoms with Gasteiger partial charge in [0, 0.05) is 30.2 Å². The number of hydrogen-bond donors (Lipinski definition) is 3. The fourth-order valence-corrected chi connectivity index (χ4v) is 3.37. The number of aromatic carboxylic acids is 1. The predicted molar refractivity (Wildman–Crippen MR) is 130 cm³/mol. The quantitative estimate of drug-likeness (QED) is 0.377. The second-order valence-electron chi connectivity index (χ2n) is 8.08. The standard InChI is InChI=1S/C16H16N4O2.C9H12N2O/c1-12-6-18-20(7-12)9-14-4-2-13(3-5-14)8-19-10-15(16(21)22)17-11-19;1-5-6(2)8(10)4-3-7(5)9(11)12/h2-7,10-11H,8-9H2,1H3,(H,21,22);3-4H,10H2,1-2H3,(H2,11,12). The van der Waals surface area contributed by atoms with Crippen LogP contribution in [0, 0.1) is 20.8 Å². The Labute approximate surface area is 197 Å². The molecule has 0 unspecified atom stereocenters. The van der Waals surface area contributed by atoms with Crippen LogP contribution in [0.2, 0.25) is 0 Å². The van der Waals surface area contributed by atoms with Crippen LogP contribution in [0.25, 0.3) is 0 Å². The third-order valence-electron chi connectivity index (χ3n) is 5.44. The van der Waals surface area contributed by atoms with E-state index in [0.29, 0.717) is 17.8 Å². The number of nitrogens with zero attached hydrogens (tertiary/aromatic N) is 4. The lowest BCUT2D eigenvalue weighted by atomic mass is 10.0. The second kappa shape index (κ2) is 10.5. The van der Waals surface area contributed by atoms with Gasteiger partial charge in [0.05, 0.1) is 19.1 Å². The van der Waals surface area contributed by atoms with Crippen molar-refractivity contribution in [2.45, 2.75) is 33.9 Å². The van der Waals surface area contributed by atoms with E-state index in [4.69, 9.17) is 16.6 Å². The molecule has 0 saturated carbocycles. The number of aryl methyl sites for hydroxylation is 1. The van der Waals surface area contributed by atoms with E-state index in [0.717, 1.165) is 28.8 Å². The Balaban J connectivity index is 0.000000229. The van der Waals surface area contributed by atoms with Crippen molar-refractivity contribution in [3.63, 3.8) is 0 Å². The lowest BCUT2D eigenvalue weighted by Gasteiger charge is -2.07. The van der Waals surface area contributed by atoms with Gasteiger partial charge in [-0.3, -0.25) is 9.48 Å². The molecular formula is C25H28N6O3. The molecule has 2 aromatic carbocycles. The number of carboxylic acid groups (broad SMARTS) is 1. The first-order valence-electron chi connectivity index (χ1n) is 10.6. The molecule has 4 rings (SSSR count). The molecule has 0 bridgehead atoms. The Morgan fingerprint density at radius 1 is 0.941 bits per heavy atom. The molecule has 176 valence electrons. The number of carbonyl (C=O) groups excluding carboxylic acids is 1. The molecule has 1 amide bonds. The average Bonchev–Trinajstić information content (AvgIpc) is 3.43. The molecule has 34 heavy (non-hydrogen) atoms. The summed E-state index contributed by atoms with van der Waals surface area (Å²) in [7, 11) is 0. The van der Waals surface area contributed by atoms with Crippen LogP contribution in [0.15, 0.2) is 61.3 Å². The van der Waals surface area contributed by atoms with Gasteiger partial charge in [-0.1, -0.05) is 24.3 Å². The van der Waals surface area contributed by atoms with Gasteiger partial charge in [-0.05, 0) is 60.7 Å². The Morgan fingerprint density at radius 2 is 1.59 bits per heavy atom. The van der Waals surface area contributed by atoms with Crippen LogP contribution in [-0.2, 0) is 13.1 Å². The summed E-state index contributed by atoms with van der Waals surface area (Å²) < 4.78 is 3.66. The van der Waals surface area contributed by atoms with Crippen molar-refractivity contribution in [3.8, 4) is 0 Å². The zero-order valence-corrected chi connectivity index (χ0v) is 19.4. The maximum Gasteiger partial charge on any atom is 0.356 e. The molecule has 5 N–H and O–H groups in total. The maximum atomic E-state index is 10.9. The number of aromatic nitrogens is 4. The average molecular weight is 461 g/mol. The number of benzene rings is 2. The Kier molecular flexibility index (Phi) is 7.47. The molecule has 0 radical (unpaired) electrons. The van der Waals surface area contributed by atoms with Gasteiger partial charge in [-0.15, -0.1) is 0 Å². The molecule has 9 nitrogen and oxygen atoms in total. The number of imidazole rings is 1. The summed E-state index contributed by atoms with van der Waals surface area (Å²) in [4.78, 5) is 25.5. The molecule has 0 saturated heterocycles. The minimum Gasteiger partial charge on any atom is -0.476 e. The highest BCUT2D eigenvalue weighted by Gasteiger charge is 2.08. The van der Waals surface area contributed by atoms with Crippen LogP contribution < -0.4 is 11.5 Å². The molecule has 0 aliphatic rings. The Morgan fingerprint density at radius 3 is 2.12 bits per heavy atom. The minimum absolute atomic E-state index is 0.0608. The fourth-order valence-electron chi connectivity index (χ4n) is 3.37.